The van der Waals surface area contributed by atoms with Gasteiger partial charge in [-0.15, -0.1) is 0 Å². The molecule has 1 aromatic rings. The minimum absolute atomic E-state index is 0.285. The highest BCUT2D eigenvalue weighted by Gasteiger charge is 2.08. The van der Waals surface area contributed by atoms with Crippen LogP contribution in [-0.4, -0.2) is 13.1 Å². The van der Waals surface area contributed by atoms with E-state index in [4.69, 9.17) is 4.42 Å². The van der Waals surface area contributed by atoms with E-state index in [1.54, 1.807) is 6.07 Å². The van der Waals surface area contributed by atoms with E-state index in [0.29, 0.717) is 5.69 Å². The molecule has 0 saturated heterocycles. The lowest BCUT2D eigenvalue weighted by atomic mass is 10.4. The van der Waals surface area contributed by atoms with Gasteiger partial charge in [-0.2, -0.15) is 0 Å². The van der Waals surface area contributed by atoms with Crippen molar-refractivity contribution in [2.45, 2.75) is 13.8 Å². The molecule has 0 bridgehead atoms. The summed E-state index contributed by atoms with van der Waals surface area (Å²) in [6, 6.07) is 1.78. The Morgan fingerprint density at radius 3 is 2.62 bits per heavy atom. The molecule has 1 heterocycles. The summed E-state index contributed by atoms with van der Waals surface area (Å²) < 4.78 is 5.62. The lowest BCUT2D eigenvalue weighted by molar-refractivity contribution is 0.505. The summed E-state index contributed by atoms with van der Waals surface area (Å²) >= 11 is 3.26. The van der Waals surface area contributed by atoms with Crippen LogP contribution < -0.4 is 10.5 Å². The molecular formula is C9H12BrNO2. The monoisotopic (exact) mass is 245 g/mol. The summed E-state index contributed by atoms with van der Waals surface area (Å²) in [5.41, 5.74) is 0.325. The Morgan fingerprint density at radius 1 is 1.46 bits per heavy atom. The Bertz CT molecular complexity index is 331. The summed E-state index contributed by atoms with van der Waals surface area (Å²) in [4.78, 5) is 13.3. The minimum Gasteiger partial charge on any atom is -0.429 e. The zero-order chi connectivity index (χ0) is 9.84. The molecule has 0 radical (unpaired) electrons. The molecule has 0 unspecified atom stereocenters. The van der Waals surface area contributed by atoms with Crippen LogP contribution in [0.4, 0.5) is 5.69 Å². The third-order valence-electron chi connectivity index (χ3n) is 1.87. The summed E-state index contributed by atoms with van der Waals surface area (Å²) in [7, 11) is 0. The fraction of sp³-hybridized carbons (Fsp3) is 0.444. The highest BCUT2D eigenvalue weighted by Crippen LogP contribution is 2.14. The third kappa shape index (κ3) is 2.34. The fourth-order valence-electron chi connectivity index (χ4n) is 1.18. The van der Waals surface area contributed by atoms with Crippen LogP contribution >= 0.6 is 15.9 Å². The van der Waals surface area contributed by atoms with Crippen LogP contribution in [0.15, 0.2) is 26.0 Å². The van der Waals surface area contributed by atoms with Gasteiger partial charge in [0.15, 0.2) is 0 Å². The Morgan fingerprint density at radius 2 is 2.08 bits per heavy atom. The number of nitrogens with zero attached hydrogens (tertiary/aromatic N) is 1. The van der Waals surface area contributed by atoms with E-state index in [-0.39, 0.29) is 5.63 Å². The largest absolute Gasteiger partial charge is 0.429 e. The second-order valence-corrected chi connectivity index (χ2v) is 3.53. The highest BCUT2D eigenvalue weighted by atomic mass is 79.9. The van der Waals surface area contributed by atoms with Gasteiger partial charge in [0.25, 0.3) is 0 Å². The number of hydrogen-bond acceptors (Lipinski definition) is 3. The van der Waals surface area contributed by atoms with Crippen molar-refractivity contribution in [3.8, 4) is 0 Å². The van der Waals surface area contributed by atoms with Gasteiger partial charge in [-0.3, -0.25) is 0 Å². The normalized spacial score (nSPS) is 10.1. The van der Waals surface area contributed by atoms with Crippen molar-refractivity contribution in [1.29, 1.82) is 0 Å². The molecule has 1 rings (SSSR count). The molecule has 0 amide bonds. The molecular weight excluding hydrogens is 234 g/mol. The number of anilines is 1. The predicted octanol–water partition coefficient (Wildman–Crippen LogP) is 2.25. The van der Waals surface area contributed by atoms with Crippen LogP contribution in [0, 0.1) is 0 Å². The summed E-state index contributed by atoms with van der Waals surface area (Å²) in [6.45, 7) is 5.61. The topological polar surface area (TPSA) is 33.5 Å². The Kier molecular flexibility index (Phi) is 3.54. The maximum absolute atomic E-state index is 11.3. The van der Waals surface area contributed by atoms with Crippen LogP contribution in [0.1, 0.15) is 13.8 Å². The quantitative estimate of drug-likeness (QED) is 0.820. The van der Waals surface area contributed by atoms with Crippen molar-refractivity contribution in [3.05, 3.63) is 27.2 Å². The van der Waals surface area contributed by atoms with Crippen molar-refractivity contribution < 1.29 is 4.42 Å². The molecule has 0 spiro atoms. The van der Waals surface area contributed by atoms with Crippen molar-refractivity contribution in [2.75, 3.05) is 18.0 Å². The molecule has 1 aromatic heterocycles. The average Bonchev–Trinajstić information content (AvgIpc) is 2.13. The molecule has 72 valence electrons. The zero-order valence-corrected chi connectivity index (χ0v) is 9.30. The third-order valence-corrected chi connectivity index (χ3v) is 2.28. The summed E-state index contributed by atoms with van der Waals surface area (Å²) in [5, 5.41) is 0. The molecule has 0 saturated carbocycles. The molecule has 0 aliphatic rings. The van der Waals surface area contributed by atoms with Gasteiger partial charge in [0.05, 0.1) is 4.47 Å². The van der Waals surface area contributed by atoms with Gasteiger partial charge in [-0.05, 0) is 35.8 Å². The van der Waals surface area contributed by atoms with Crippen molar-refractivity contribution in [3.63, 3.8) is 0 Å². The first kappa shape index (κ1) is 10.3. The van der Waals surface area contributed by atoms with E-state index in [0.717, 1.165) is 17.6 Å². The fourth-order valence-corrected chi connectivity index (χ4v) is 1.49. The minimum atomic E-state index is -0.285. The van der Waals surface area contributed by atoms with E-state index in [9.17, 15) is 4.79 Å². The van der Waals surface area contributed by atoms with E-state index in [1.165, 1.54) is 6.26 Å². The molecule has 0 aliphatic heterocycles. The van der Waals surface area contributed by atoms with Gasteiger partial charge in [-0.1, -0.05) is 0 Å². The van der Waals surface area contributed by atoms with Gasteiger partial charge in [0.2, 0.25) is 0 Å². The van der Waals surface area contributed by atoms with Gasteiger partial charge >= 0.3 is 5.63 Å². The lowest BCUT2D eigenvalue weighted by Gasteiger charge is -2.18. The molecule has 0 N–H and O–H groups in total. The molecule has 0 aromatic carbocycles. The number of halogens is 1. The SMILES string of the molecule is CCN(CC)c1cc(Br)coc1=O. The smallest absolute Gasteiger partial charge is 0.359 e. The maximum atomic E-state index is 11.3. The predicted molar refractivity (Wildman–Crippen MR) is 56.2 cm³/mol. The Hall–Kier alpha value is -0.770. The van der Waals surface area contributed by atoms with E-state index in [2.05, 4.69) is 15.9 Å². The standard InChI is InChI=1S/C9H12BrNO2/c1-3-11(4-2)8-5-7(10)6-13-9(8)12/h5-6H,3-4H2,1-2H3. The van der Waals surface area contributed by atoms with Crippen LogP contribution in [0.2, 0.25) is 0 Å². The lowest BCUT2D eigenvalue weighted by Crippen LogP contribution is -2.26. The van der Waals surface area contributed by atoms with Crippen molar-refractivity contribution in [2.24, 2.45) is 0 Å². The average molecular weight is 246 g/mol. The van der Waals surface area contributed by atoms with Crippen LogP contribution in [0.5, 0.6) is 0 Å². The first-order chi connectivity index (χ1) is 6.19. The second-order valence-electron chi connectivity index (χ2n) is 2.61. The Labute approximate surface area is 85.5 Å². The summed E-state index contributed by atoms with van der Waals surface area (Å²) in [6.07, 6.45) is 1.40. The summed E-state index contributed by atoms with van der Waals surface area (Å²) in [5.74, 6) is 0. The van der Waals surface area contributed by atoms with E-state index < -0.39 is 0 Å². The second kappa shape index (κ2) is 4.46. The molecule has 4 heteroatoms. The number of rotatable bonds is 3. The van der Waals surface area contributed by atoms with Gasteiger partial charge in [-0.25, -0.2) is 4.79 Å². The van der Waals surface area contributed by atoms with Gasteiger partial charge in [0.1, 0.15) is 12.0 Å². The first-order valence-electron chi connectivity index (χ1n) is 4.22. The Balaban J connectivity index is 3.11. The van der Waals surface area contributed by atoms with E-state index in [1.807, 2.05) is 18.7 Å². The van der Waals surface area contributed by atoms with Gasteiger partial charge < -0.3 is 9.32 Å². The van der Waals surface area contributed by atoms with Crippen LogP contribution in [0.3, 0.4) is 0 Å². The van der Waals surface area contributed by atoms with Crippen LogP contribution in [0.25, 0.3) is 0 Å². The van der Waals surface area contributed by atoms with Crippen LogP contribution in [-0.2, 0) is 0 Å². The van der Waals surface area contributed by atoms with Crippen molar-refractivity contribution >= 4 is 21.6 Å². The highest BCUT2D eigenvalue weighted by molar-refractivity contribution is 9.10. The maximum Gasteiger partial charge on any atom is 0.359 e. The zero-order valence-electron chi connectivity index (χ0n) is 7.71. The first-order valence-corrected chi connectivity index (χ1v) is 5.01. The molecule has 0 aliphatic carbocycles. The van der Waals surface area contributed by atoms with Gasteiger partial charge in [0, 0.05) is 13.1 Å². The number of hydrogen-bond donors (Lipinski definition) is 0. The molecule has 0 atom stereocenters. The molecule has 3 nitrogen and oxygen atoms in total. The van der Waals surface area contributed by atoms with E-state index >= 15 is 0 Å². The molecule has 0 fully saturated rings. The molecule has 13 heavy (non-hydrogen) atoms. The van der Waals surface area contributed by atoms with Crippen molar-refractivity contribution in [1.82, 2.24) is 0 Å².